The van der Waals surface area contributed by atoms with Crippen molar-refractivity contribution >= 4 is 15.9 Å². The van der Waals surface area contributed by atoms with Crippen molar-refractivity contribution < 1.29 is 13.2 Å². The second kappa shape index (κ2) is 3.47. The van der Waals surface area contributed by atoms with Gasteiger partial charge in [-0.1, -0.05) is 34.1 Å². The lowest BCUT2D eigenvalue weighted by molar-refractivity contribution is -0.127. The van der Waals surface area contributed by atoms with Crippen LogP contribution in [0.5, 0.6) is 0 Å². The van der Waals surface area contributed by atoms with Gasteiger partial charge in [-0.25, -0.2) is 0 Å². The zero-order valence-electron chi connectivity index (χ0n) is 6.03. The third-order valence-corrected chi connectivity index (χ3v) is 2.12. The van der Waals surface area contributed by atoms with Gasteiger partial charge in [0.2, 0.25) is 0 Å². The Morgan fingerprint density at radius 1 is 1.17 bits per heavy atom. The van der Waals surface area contributed by atoms with Gasteiger partial charge in [-0.2, -0.15) is 13.2 Å². The summed E-state index contributed by atoms with van der Waals surface area (Å²) in [5.74, 6) is 0. The summed E-state index contributed by atoms with van der Waals surface area (Å²) in [5.41, 5.74) is 0.269. The summed E-state index contributed by atoms with van der Waals surface area (Å²) in [6.07, 6.45) is -5.02. The van der Waals surface area contributed by atoms with E-state index >= 15 is 0 Å². The van der Waals surface area contributed by atoms with E-state index in [0.717, 1.165) is 0 Å². The predicted molar refractivity (Wildman–Crippen MR) is 43.9 cm³/mol. The number of rotatable bonds is 1. The Hall–Kier alpha value is -0.510. The summed E-state index contributed by atoms with van der Waals surface area (Å²) in [5, 5.41) is 0. The van der Waals surface area contributed by atoms with Crippen LogP contribution in [0.3, 0.4) is 0 Å². The predicted octanol–water partition coefficient (Wildman–Crippen LogP) is 3.55. The van der Waals surface area contributed by atoms with Gasteiger partial charge in [-0.05, 0) is 11.6 Å². The van der Waals surface area contributed by atoms with Gasteiger partial charge in [0.15, 0.2) is 0 Å². The van der Waals surface area contributed by atoms with Gasteiger partial charge in [-0.15, -0.1) is 0 Å². The molecule has 4 heteroatoms. The summed E-state index contributed by atoms with van der Waals surface area (Å²) in [6, 6.07) is 6.33. The molecule has 0 saturated carbocycles. The van der Waals surface area contributed by atoms with Gasteiger partial charge in [0.05, 0.1) is 6.42 Å². The van der Waals surface area contributed by atoms with Crippen LogP contribution in [0, 0.1) is 0 Å². The topological polar surface area (TPSA) is 0 Å². The molecule has 0 bridgehead atoms. The van der Waals surface area contributed by atoms with E-state index in [-0.39, 0.29) is 5.56 Å². The fourth-order valence-electron chi connectivity index (χ4n) is 0.858. The molecule has 0 amide bonds. The van der Waals surface area contributed by atoms with Crippen molar-refractivity contribution in [2.45, 2.75) is 12.6 Å². The molecule has 0 aliphatic rings. The van der Waals surface area contributed by atoms with E-state index in [1.165, 1.54) is 6.07 Å². The quantitative estimate of drug-likeness (QED) is 0.702. The Kier molecular flexibility index (Phi) is 2.77. The van der Waals surface area contributed by atoms with Crippen molar-refractivity contribution in [1.29, 1.82) is 0 Å². The Morgan fingerprint density at radius 3 is 2.25 bits per heavy atom. The molecule has 1 rings (SSSR count). The molecule has 1 aromatic carbocycles. The minimum Gasteiger partial charge on any atom is -0.171 e. The first-order valence-electron chi connectivity index (χ1n) is 3.29. The summed E-state index contributed by atoms with van der Waals surface area (Å²) >= 11 is 3.05. The molecule has 0 atom stereocenters. The van der Waals surface area contributed by atoms with Crippen molar-refractivity contribution in [2.75, 3.05) is 0 Å². The molecule has 0 aromatic heterocycles. The average Bonchev–Trinajstić information content (AvgIpc) is 1.91. The molecular weight excluding hydrogens is 233 g/mol. The van der Waals surface area contributed by atoms with E-state index in [4.69, 9.17) is 0 Å². The maximum absolute atomic E-state index is 11.9. The van der Waals surface area contributed by atoms with Crippen molar-refractivity contribution in [3.63, 3.8) is 0 Å². The van der Waals surface area contributed by atoms with Crippen molar-refractivity contribution in [3.8, 4) is 0 Å². The van der Waals surface area contributed by atoms with Gasteiger partial charge < -0.3 is 0 Å². The Bertz CT molecular complexity index is 267. The second-order valence-corrected chi connectivity index (χ2v) is 3.24. The van der Waals surface area contributed by atoms with Crippen LogP contribution in [-0.4, -0.2) is 6.18 Å². The summed E-state index contributed by atoms with van der Waals surface area (Å²) < 4.78 is 36.2. The van der Waals surface area contributed by atoms with Crippen LogP contribution in [0.2, 0.25) is 0 Å². The maximum Gasteiger partial charge on any atom is 0.393 e. The fourth-order valence-corrected chi connectivity index (χ4v) is 1.28. The van der Waals surface area contributed by atoms with Gasteiger partial charge >= 0.3 is 6.18 Å². The molecule has 0 radical (unpaired) electrons. The second-order valence-electron chi connectivity index (χ2n) is 2.38. The van der Waals surface area contributed by atoms with Crippen LogP contribution in [0.1, 0.15) is 5.56 Å². The Labute approximate surface area is 76.5 Å². The summed E-state index contributed by atoms with van der Waals surface area (Å²) in [4.78, 5) is 0. The molecule has 0 nitrogen and oxygen atoms in total. The van der Waals surface area contributed by atoms with Gasteiger partial charge in [0.25, 0.3) is 0 Å². The first-order chi connectivity index (χ1) is 5.49. The standard InChI is InChI=1S/C8H6BrF3/c9-7-4-2-1-3-6(7)5-8(10,11)12/h1-4H,5H2. The fraction of sp³-hybridized carbons (Fsp3) is 0.250. The monoisotopic (exact) mass is 238 g/mol. The third kappa shape index (κ3) is 2.85. The molecule has 0 saturated heterocycles. The van der Waals surface area contributed by atoms with E-state index in [1.807, 2.05) is 0 Å². The number of alkyl halides is 3. The maximum atomic E-state index is 11.9. The minimum absolute atomic E-state index is 0.269. The first kappa shape index (κ1) is 9.58. The van der Waals surface area contributed by atoms with E-state index in [9.17, 15) is 13.2 Å². The summed E-state index contributed by atoms with van der Waals surface area (Å²) in [6.45, 7) is 0. The van der Waals surface area contributed by atoms with Crippen LogP contribution in [0.15, 0.2) is 28.7 Å². The van der Waals surface area contributed by atoms with Crippen LogP contribution in [0.4, 0.5) is 13.2 Å². The van der Waals surface area contributed by atoms with E-state index in [0.29, 0.717) is 4.47 Å². The highest BCUT2D eigenvalue weighted by molar-refractivity contribution is 9.10. The van der Waals surface area contributed by atoms with Gasteiger partial charge in [0, 0.05) is 4.47 Å². The molecule has 0 aliphatic heterocycles. The average molecular weight is 239 g/mol. The van der Waals surface area contributed by atoms with E-state index < -0.39 is 12.6 Å². The smallest absolute Gasteiger partial charge is 0.171 e. The van der Waals surface area contributed by atoms with Gasteiger partial charge in [0.1, 0.15) is 0 Å². The largest absolute Gasteiger partial charge is 0.393 e. The highest BCUT2D eigenvalue weighted by Crippen LogP contribution is 2.25. The van der Waals surface area contributed by atoms with Crippen molar-refractivity contribution in [2.24, 2.45) is 0 Å². The minimum atomic E-state index is -4.14. The Morgan fingerprint density at radius 2 is 1.75 bits per heavy atom. The highest BCUT2D eigenvalue weighted by Gasteiger charge is 2.28. The normalized spacial score (nSPS) is 11.7. The number of halogens is 4. The molecule has 0 fully saturated rings. The van der Waals surface area contributed by atoms with Crippen LogP contribution in [0.25, 0.3) is 0 Å². The molecule has 0 spiro atoms. The van der Waals surface area contributed by atoms with Crippen LogP contribution in [-0.2, 0) is 6.42 Å². The van der Waals surface area contributed by atoms with Crippen LogP contribution < -0.4 is 0 Å². The van der Waals surface area contributed by atoms with Crippen molar-refractivity contribution in [3.05, 3.63) is 34.3 Å². The SMILES string of the molecule is FC(F)(F)Cc1ccccc1Br. The van der Waals surface area contributed by atoms with E-state index in [1.54, 1.807) is 18.2 Å². The van der Waals surface area contributed by atoms with E-state index in [2.05, 4.69) is 15.9 Å². The number of hydrogen-bond donors (Lipinski definition) is 0. The molecule has 0 aliphatic carbocycles. The molecular formula is C8H6BrF3. The molecule has 1 aromatic rings. The molecule has 0 N–H and O–H groups in total. The highest BCUT2D eigenvalue weighted by atomic mass is 79.9. The lowest BCUT2D eigenvalue weighted by Gasteiger charge is -2.07. The van der Waals surface area contributed by atoms with Crippen LogP contribution >= 0.6 is 15.9 Å². The van der Waals surface area contributed by atoms with Crippen molar-refractivity contribution in [1.82, 2.24) is 0 Å². The molecule has 0 heterocycles. The summed E-state index contributed by atoms with van der Waals surface area (Å²) in [7, 11) is 0. The number of benzene rings is 1. The molecule has 12 heavy (non-hydrogen) atoms. The zero-order valence-corrected chi connectivity index (χ0v) is 7.61. The Balaban J connectivity index is 2.83. The molecule has 0 unspecified atom stereocenters. The lowest BCUT2D eigenvalue weighted by Crippen LogP contribution is -2.11. The number of hydrogen-bond acceptors (Lipinski definition) is 0. The van der Waals surface area contributed by atoms with Gasteiger partial charge in [-0.3, -0.25) is 0 Å². The molecule has 66 valence electrons. The third-order valence-electron chi connectivity index (χ3n) is 1.35. The first-order valence-corrected chi connectivity index (χ1v) is 4.08. The zero-order chi connectivity index (χ0) is 9.19. The lowest BCUT2D eigenvalue weighted by atomic mass is 10.1.